The average Bonchev–Trinajstić information content (AvgIpc) is 2.28. The Labute approximate surface area is 111 Å². The van der Waals surface area contributed by atoms with E-state index in [4.69, 9.17) is 0 Å². The predicted octanol–water partition coefficient (Wildman–Crippen LogP) is 3.69. The Morgan fingerprint density at radius 2 is 2.06 bits per heavy atom. The van der Waals surface area contributed by atoms with Crippen LogP contribution in [0.15, 0.2) is 30.3 Å². The third-order valence-corrected chi connectivity index (χ3v) is 3.81. The maximum Gasteiger partial charge on any atom is 0.0255 e. The molecule has 86 valence electrons. The normalized spacial score (nSPS) is 26.1. The summed E-state index contributed by atoms with van der Waals surface area (Å²) < 4.78 is 1.29. The van der Waals surface area contributed by atoms with Gasteiger partial charge in [-0.25, -0.2) is 0 Å². The highest BCUT2D eigenvalue weighted by Crippen LogP contribution is 2.17. The van der Waals surface area contributed by atoms with E-state index < -0.39 is 0 Å². The fourth-order valence-electron chi connectivity index (χ4n) is 2.10. The lowest BCUT2D eigenvalue weighted by Crippen LogP contribution is -2.35. The number of nitrogens with one attached hydrogen (secondary N) is 1. The van der Waals surface area contributed by atoms with Crippen molar-refractivity contribution < 1.29 is 0 Å². The van der Waals surface area contributed by atoms with Crippen molar-refractivity contribution in [1.82, 2.24) is 5.32 Å². The molecule has 2 rings (SSSR count). The molecule has 1 aromatic carbocycles. The zero-order valence-corrected chi connectivity index (χ0v) is 11.8. The third kappa shape index (κ3) is 3.59. The average molecular weight is 327 g/mol. The molecule has 1 aliphatic rings. The monoisotopic (exact) mass is 327 g/mol. The number of hydrogen-bond donors (Lipinski definition) is 1. The molecule has 0 saturated carbocycles. The van der Waals surface area contributed by atoms with E-state index in [1.807, 2.05) is 0 Å². The molecule has 0 radical (unpaired) electrons. The van der Waals surface area contributed by atoms with Crippen LogP contribution in [0.25, 0.3) is 6.08 Å². The molecule has 1 fully saturated rings. The second-order valence-corrected chi connectivity index (χ2v) is 5.85. The van der Waals surface area contributed by atoms with Gasteiger partial charge in [-0.05, 0) is 65.6 Å². The molecular weight excluding hydrogens is 309 g/mol. The minimum Gasteiger partial charge on any atom is -0.310 e. The fraction of sp³-hybridized carbons (Fsp3) is 0.429. The van der Waals surface area contributed by atoms with Crippen molar-refractivity contribution in [3.63, 3.8) is 0 Å². The number of benzene rings is 1. The van der Waals surface area contributed by atoms with Gasteiger partial charge in [-0.15, -0.1) is 0 Å². The van der Waals surface area contributed by atoms with E-state index >= 15 is 0 Å². The third-order valence-electron chi connectivity index (χ3n) is 3.09. The van der Waals surface area contributed by atoms with Gasteiger partial charge in [-0.1, -0.05) is 31.2 Å². The van der Waals surface area contributed by atoms with Crippen LogP contribution >= 0.6 is 22.6 Å². The summed E-state index contributed by atoms with van der Waals surface area (Å²) in [5, 5.41) is 3.54. The topological polar surface area (TPSA) is 12.0 Å². The highest BCUT2D eigenvalue weighted by molar-refractivity contribution is 14.1. The molecule has 2 atom stereocenters. The molecule has 0 bridgehead atoms. The molecule has 0 aliphatic carbocycles. The fourth-order valence-corrected chi connectivity index (χ4v) is 2.46. The van der Waals surface area contributed by atoms with Crippen molar-refractivity contribution in [3.8, 4) is 0 Å². The molecule has 1 nitrogen and oxygen atoms in total. The van der Waals surface area contributed by atoms with Crippen LogP contribution in [-0.2, 0) is 0 Å². The number of halogens is 1. The number of rotatable bonds is 2. The molecule has 2 unspecified atom stereocenters. The van der Waals surface area contributed by atoms with Gasteiger partial charge in [0.05, 0.1) is 0 Å². The van der Waals surface area contributed by atoms with Crippen LogP contribution in [0.4, 0.5) is 0 Å². The molecule has 1 heterocycles. The predicted molar refractivity (Wildman–Crippen MR) is 78.4 cm³/mol. The molecular formula is C14H18IN. The van der Waals surface area contributed by atoms with Gasteiger partial charge in [-0.3, -0.25) is 0 Å². The molecule has 0 spiro atoms. The van der Waals surface area contributed by atoms with Crippen LogP contribution in [-0.4, -0.2) is 12.6 Å². The second kappa shape index (κ2) is 5.82. The Morgan fingerprint density at radius 1 is 1.31 bits per heavy atom. The maximum absolute atomic E-state index is 3.54. The summed E-state index contributed by atoms with van der Waals surface area (Å²) in [6.45, 7) is 3.50. The Hall–Kier alpha value is -0.350. The van der Waals surface area contributed by atoms with Gasteiger partial charge < -0.3 is 5.32 Å². The quantitative estimate of drug-likeness (QED) is 0.817. The van der Waals surface area contributed by atoms with Gasteiger partial charge in [0, 0.05) is 9.61 Å². The van der Waals surface area contributed by atoms with E-state index in [1.54, 1.807) is 0 Å². The smallest absolute Gasteiger partial charge is 0.0255 e. The molecule has 1 aromatic rings. The summed E-state index contributed by atoms with van der Waals surface area (Å²) in [6.07, 6.45) is 7.11. The summed E-state index contributed by atoms with van der Waals surface area (Å²) in [5.41, 5.74) is 1.29. The van der Waals surface area contributed by atoms with Gasteiger partial charge in [0.2, 0.25) is 0 Å². The van der Waals surface area contributed by atoms with Crippen LogP contribution < -0.4 is 5.32 Å². The second-order valence-electron chi connectivity index (χ2n) is 4.60. The largest absolute Gasteiger partial charge is 0.310 e. The van der Waals surface area contributed by atoms with Crippen LogP contribution in [0.3, 0.4) is 0 Å². The van der Waals surface area contributed by atoms with Crippen molar-refractivity contribution in [2.45, 2.75) is 25.8 Å². The summed E-state index contributed by atoms with van der Waals surface area (Å²) in [4.78, 5) is 0. The first-order valence-electron chi connectivity index (χ1n) is 5.91. The Morgan fingerprint density at radius 3 is 2.75 bits per heavy atom. The van der Waals surface area contributed by atoms with Crippen LogP contribution in [0.1, 0.15) is 25.3 Å². The lowest BCUT2D eigenvalue weighted by molar-refractivity contribution is 0.357. The summed E-state index contributed by atoms with van der Waals surface area (Å²) in [7, 11) is 0. The van der Waals surface area contributed by atoms with E-state index in [0.717, 1.165) is 12.5 Å². The highest BCUT2D eigenvalue weighted by atomic mass is 127. The Balaban J connectivity index is 1.95. The minimum atomic E-state index is 0.558. The van der Waals surface area contributed by atoms with Gasteiger partial charge >= 0.3 is 0 Å². The zero-order valence-electron chi connectivity index (χ0n) is 9.62. The molecule has 0 aromatic heterocycles. The van der Waals surface area contributed by atoms with E-state index in [-0.39, 0.29) is 0 Å². The lowest BCUT2D eigenvalue weighted by Gasteiger charge is -2.25. The van der Waals surface area contributed by atoms with E-state index in [0.29, 0.717) is 6.04 Å². The molecule has 1 N–H and O–H groups in total. The molecule has 16 heavy (non-hydrogen) atoms. The Bertz CT molecular complexity index is 356. The van der Waals surface area contributed by atoms with Crippen molar-refractivity contribution in [1.29, 1.82) is 0 Å². The van der Waals surface area contributed by atoms with Gasteiger partial charge in [0.15, 0.2) is 0 Å². The first-order chi connectivity index (χ1) is 7.74. The van der Waals surface area contributed by atoms with Crippen molar-refractivity contribution >= 4 is 28.7 Å². The maximum atomic E-state index is 3.54. The van der Waals surface area contributed by atoms with E-state index in [1.165, 1.54) is 22.0 Å². The summed E-state index contributed by atoms with van der Waals surface area (Å²) in [6, 6.07) is 9.20. The van der Waals surface area contributed by atoms with Crippen LogP contribution in [0.2, 0.25) is 0 Å². The minimum absolute atomic E-state index is 0.558. The van der Waals surface area contributed by atoms with Crippen molar-refractivity contribution in [2.24, 2.45) is 5.92 Å². The Kier molecular flexibility index (Phi) is 4.41. The van der Waals surface area contributed by atoms with Gasteiger partial charge in [0.25, 0.3) is 0 Å². The van der Waals surface area contributed by atoms with Gasteiger partial charge in [-0.2, -0.15) is 0 Å². The van der Waals surface area contributed by atoms with E-state index in [9.17, 15) is 0 Å². The summed E-state index contributed by atoms with van der Waals surface area (Å²) in [5.74, 6) is 0.854. The standard InChI is InChI=1S/C14H18IN/c1-11-8-9-16-14(10-11)7-4-12-2-5-13(15)6-3-12/h2-7,11,14,16H,8-10H2,1H3/b7-4+. The first-order valence-corrected chi connectivity index (χ1v) is 6.99. The van der Waals surface area contributed by atoms with Crippen LogP contribution in [0.5, 0.6) is 0 Å². The summed E-state index contributed by atoms with van der Waals surface area (Å²) >= 11 is 2.33. The van der Waals surface area contributed by atoms with Crippen molar-refractivity contribution in [3.05, 3.63) is 39.5 Å². The van der Waals surface area contributed by atoms with E-state index in [2.05, 4.69) is 71.2 Å². The van der Waals surface area contributed by atoms with Crippen LogP contribution in [0, 0.1) is 9.49 Å². The number of piperidine rings is 1. The molecule has 1 saturated heterocycles. The first kappa shape index (κ1) is 12.1. The van der Waals surface area contributed by atoms with Crippen molar-refractivity contribution in [2.75, 3.05) is 6.54 Å². The highest BCUT2D eigenvalue weighted by Gasteiger charge is 2.15. The molecule has 1 aliphatic heterocycles. The molecule has 2 heteroatoms. The SMILES string of the molecule is CC1CCNC(/C=C/c2ccc(I)cc2)C1. The van der Waals surface area contributed by atoms with Gasteiger partial charge in [0.1, 0.15) is 0 Å². The molecule has 0 amide bonds. The number of hydrogen-bond acceptors (Lipinski definition) is 1. The lowest BCUT2D eigenvalue weighted by atomic mass is 9.94. The zero-order chi connectivity index (χ0) is 11.4.